The molecule has 2 aromatic carbocycles. The average Bonchev–Trinajstić information content (AvgIpc) is 3.01. The third-order valence-corrected chi connectivity index (χ3v) is 3.42. The molecule has 0 aliphatic carbocycles. The molecule has 0 atom stereocenters. The first-order chi connectivity index (χ1) is 11.1. The number of methoxy groups -OCH3 is 1. The molecule has 0 aliphatic rings. The lowest BCUT2D eigenvalue weighted by molar-refractivity contribution is 0.414. The van der Waals surface area contributed by atoms with Crippen LogP contribution in [0.1, 0.15) is 5.69 Å². The Kier molecular flexibility index (Phi) is 4.03. The summed E-state index contributed by atoms with van der Waals surface area (Å²) >= 11 is 0. The van der Waals surface area contributed by atoms with Crippen LogP contribution in [0.2, 0.25) is 0 Å². The van der Waals surface area contributed by atoms with E-state index in [-0.39, 0.29) is 6.54 Å². The molecule has 5 nitrogen and oxygen atoms in total. The molecule has 0 saturated heterocycles. The van der Waals surface area contributed by atoms with Crippen LogP contribution in [0.4, 0.5) is 8.78 Å². The van der Waals surface area contributed by atoms with Crippen molar-refractivity contribution in [3.8, 4) is 22.7 Å². The fraction of sp³-hybridized carbons (Fsp3) is 0.125. The van der Waals surface area contributed by atoms with Crippen molar-refractivity contribution in [3.05, 3.63) is 59.8 Å². The first-order valence-corrected chi connectivity index (χ1v) is 6.88. The van der Waals surface area contributed by atoms with Gasteiger partial charge in [-0.25, -0.2) is 13.5 Å². The minimum Gasteiger partial charge on any atom is -0.497 e. The summed E-state index contributed by atoms with van der Waals surface area (Å²) in [6.07, 6.45) is 0. The van der Waals surface area contributed by atoms with Crippen molar-refractivity contribution in [1.82, 2.24) is 15.0 Å². The van der Waals surface area contributed by atoms with E-state index in [0.29, 0.717) is 28.4 Å². The van der Waals surface area contributed by atoms with Crippen LogP contribution < -0.4 is 10.5 Å². The molecule has 7 heteroatoms. The van der Waals surface area contributed by atoms with E-state index in [0.717, 1.165) is 12.1 Å². The normalized spacial score (nSPS) is 10.8. The van der Waals surface area contributed by atoms with Gasteiger partial charge in [0.15, 0.2) is 11.6 Å². The molecule has 0 spiro atoms. The Morgan fingerprint density at radius 1 is 1.13 bits per heavy atom. The molecule has 1 heterocycles. The monoisotopic (exact) mass is 316 g/mol. The van der Waals surface area contributed by atoms with E-state index < -0.39 is 11.6 Å². The summed E-state index contributed by atoms with van der Waals surface area (Å²) in [5.74, 6) is -1.21. The van der Waals surface area contributed by atoms with E-state index in [1.54, 1.807) is 31.4 Å². The highest BCUT2D eigenvalue weighted by molar-refractivity contribution is 5.64. The molecule has 0 radical (unpaired) electrons. The Balaban J connectivity index is 2.19. The van der Waals surface area contributed by atoms with Gasteiger partial charge in [0.2, 0.25) is 0 Å². The van der Waals surface area contributed by atoms with Crippen LogP contribution in [0, 0.1) is 11.6 Å². The van der Waals surface area contributed by atoms with Crippen molar-refractivity contribution >= 4 is 0 Å². The smallest absolute Gasteiger partial charge is 0.159 e. The molecule has 0 amide bonds. The van der Waals surface area contributed by atoms with Crippen molar-refractivity contribution < 1.29 is 13.5 Å². The maximum absolute atomic E-state index is 13.6. The van der Waals surface area contributed by atoms with Gasteiger partial charge in [-0.3, -0.25) is 0 Å². The Hall–Kier alpha value is -2.80. The fourth-order valence-corrected chi connectivity index (χ4v) is 2.31. The summed E-state index contributed by atoms with van der Waals surface area (Å²) in [6, 6.07) is 10.8. The van der Waals surface area contributed by atoms with Crippen molar-refractivity contribution in [2.24, 2.45) is 5.73 Å². The number of aromatic nitrogens is 3. The Labute approximate surface area is 131 Å². The quantitative estimate of drug-likeness (QED) is 0.803. The minimum atomic E-state index is -0.941. The molecule has 0 aliphatic heterocycles. The number of hydrogen-bond acceptors (Lipinski definition) is 4. The molecule has 2 N–H and O–H groups in total. The van der Waals surface area contributed by atoms with Gasteiger partial charge in [0.25, 0.3) is 0 Å². The number of hydrogen-bond donors (Lipinski definition) is 1. The Morgan fingerprint density at radius 2 is 1.96 bits per heavy atom. The average molecular weight is 316 g/mol. The van der Waals surface area contributed by atoms with Crippen molar-refractivity contribution in [1.29, 1.82) is 0 Å². The molecular formula is C16H14F2N4O. The van der Waals surface area contributed by atoms with Gasteiger partial charge < -0.3 is 10.5 Å². The highest BCUT2D eigenvalue weighted by atomic mass is 19.2. The highest BCUT2D eigenvalue weighted by Gasteiger charge is 2.17. The second-order valence-electron chi connectivity index (χ2n) is 4.83. The number of ether oxygens (including phenoxy) is 1. The number of benzene rings is 2. The molecule has 1 aromatic heterocycles. The minimum absolute atomic E-state index is 0.123. The van der Waals surface area contributed by atoms with E-state index in [1.165, 1.54) is 10.7 Å². The van der Waals surface area contributed by atoms with Gasteiger partial charge in [-0.15, -0.1) is 5.10 Å². The zero-order chi connectivity index (χ0) is 16.4. The van der Waals surface area contributed by atoms with Crippen molar-refractivity contribution in [2.45, 2.75) is 6.54 Å². The first-order valence-electron chi connectivity index (χ1n) is 6.88. The molecule has 3 aromatic rings. The van der Waals surface area contributed by atoms with E-state index in [9.17, 15) is 8.78 Å². The maximum atomic E-state index is 13.6. The number of halogens is 2. The second-order valence-corrected chi connectivity index (χ2v) is 4.83. The lowest BCUT2D eigenvalue weighted by atomic mass is 10.1. The summed E-state index contributed by atoms with van der Waals surface area (Å²) in [4.78, 5) is 0. The molecule has 118 valence electrons. The molecular weight excluding hydrogens is 302 g/mol. The van der Waals surface area contributed by atoms with Gasteiger partial charge in [0.1, 0.15) is 11.4 Å². The topological polar surface area (TPSA) is 66.0 Å². The molecule has 3 rings (SSSR count). The van der Waals surface area contributed by atoms with Crippen LogP contribution in [0.5, 0.6) is 5.75 Å². The number of nitrogens with two attached hydrogens (primary N) is 1. The number of rotatable bonds is 4. The van der Waals surface area contributed by atoms with Gasteiger partial charge >= 0.3 is 0 Å². The summed E-state index contributed by atoms with van der Waals surface area (Å²) in [5.41, 5.74) is 7.81. The van der Waals surface area contributed by atoms with E-state index in [2.05, 4.69) is 10.3 Å². The van der Waals surface area contributed by atoms with E-state index in [4.69, 9.17) is 10.5 Å². The van der Waals surface area contributed by atoms with Gasteiger partial charge in [0.05, 0.1) is 18.5 Å². The van der Waals surface area contributed by atoms with Gasteiger partial charge in [0, 0.05) is 18.2 Å². The molecule has 0 unspecified atom stereocenters. The molecule has 0 fully saturated rings. The van der Waals surface area contributed by atoms with Crippen LogP contribution in [-0.4, -0.2) is 22.1 Å². The van der Waals surface area contributed by atoms with Crippen LogP contribution in [0.3, 0.4) is 0 Å². The highest BCUT2D eigenvalue weighted by Crippen LogP contribution is 2.27. The van der Waals surface area contributed by atoms with Crippen LogP contribution >= 0.6 is 0 Å². The summed E-state index contributed by atoms with van der Waals surface area (Å²) in [7, 11) is 1.56. The van der Waals surface area contributed by atoms with E-state index >= 15 is 0 Å². The third kappa shape index (κ3) is 2.78. The van der Waals surface area contributed by atoms with Crippen molar-refractivity contribution in [3.63, 3.8) is 0 Å². The first kappa shape index (κ1) is 15.1. The van der Waals surface area contributed by atoms with Gasteiger partial charge in [-0.2, -0.15) is 0 Å². The van der Waals surface area contributed by atoms with Crippen molar-refractivity contribution in [2.75, 3.05) is 7.11 Å². The molecule has 0 bridgehead atoms. The van der Waals surface area contributed by atoms with E-state index in [1.807, 2.05) is 0 Å². The summed E-state index contributed by atoms with van der Waals surface area (Å²) in [6.45, 7) is 0.123. The van der Waals surface area contributed by atoms with Gasteiger partial charge in [-0.1, -0.05) is 11.3 Å². The lowest BCUT2D eigenvalue weighted by Gasteiger charge is -2.09. The zero-order valence-electron chi connectivity index (χ0n) is 12.3. The zero-order valence-corrected chi connectivity index (χ0v) is 12.3. The maximum Gasteiger partial charge on any atom is 0.159 e. The fourth-order valence-electron chi connectivity index (χ4n) is 2.31. The van der Waals surface area contributed by atoms with Crippen LogP contribution in [0.25, 0.3) is 16.9 Å². The summed E-state index contributed by atoms with van der Waals surface area (Å²) < 4.78 is 33.5. The summed E-state index contributed by atoms with van der Waals surface area (Å²) in [5, 5.41) is 8.10. The largest absolute Gasteiger partial charge is 0.497 e. The predicted molar refractivity (Wildman–Crippen MR) is 81.2 cm³/mol. The third-order valence-electron chi connectivity index (χ3n) is 3.42. The second kappa shape index (κ2) is 6.13. The Bertz CT molecular complexity index is 848. The van der Waals surface area contributed by atoms with Crippen LogP contribution in [0.15, 0.2) is 42.5 Å². The SMILES string of the molecule is COc1cccc(-n2nnc(CN)c2-c2ccc(F)c(F)c2)c1. The van der Waals surface area contributed by atoms with Gasteiger partial charge in [-0.05, 0) is 30.3 Å². The molecule has 0 saturated carbocycles. The standard InChI is InChI=1S/C16H14F2N4O/c1-23-12-4-2-3-11(8-12)22-16(15(9-19)20-21-22)10-5-6-13(17)14(18)7-10/h2-8H,9,19H2,1H3. The van der Waals surface area contributed by atoms with Crippen LogP contribution in [-0.2, 0) is 6.54 Å². The Morgan fingerprint density at radius 3 is 2.65 bits per heavy atom. The number of nitrogens with zero attached hydrogens (tertiary/aromatic N) is 3. The lowest BCUT2D eigenvalue weighted by Crippen LogP contribution is -2.03. The predicted octanol–water partition coefficient (Wildman–Crippen LogP) is 2.68. The molecule has 23 heavy (non-hydrogen) atoms.